The van der Waals surface area contributed by atoms with Gasteiger partial charge in [-0.2, -0.15) is 0 Å². The molecular weight excluding hydrogens is 358 g/mol. The number of carbonyl (C=O) groups is 2. The quantitative estimate of drug-likeness (QED) is 0.804. The fourth-order valence-corrected chi connectivity index (χ4v) is 3.41. The summed E-state index contributed by atoms with van der Waals surface area (Å²) in [6.45, 7) is 5.19. The summed E-state index contributed by atoms with van der Waals surface area (Å²) < 4.78 is 0.972. The summed E-state index contributed by atoms with van der Waals surface area (Å²) >= 11 is 3.38. The van der Waals surface area contributed by atoms with Crippen LogP contribution in [0.5, 0.6) is 0 Å². The molecule has 2 amide bonds. The van der Waals surface area contributed by atoms with Gasteiger partial charge in [-0.15, -0.1) is 0 Å². The van der Waals surface area contributed by atoms with Gasteiger partial charge in [-0.3, -0.25) is 14.5 Å². The van der Waals surface area contributed by atoms with Crippen molar-refractivity contribution in [2.45, 2.75) is 12.8 Å². The summed E-state index contributed by atoms with van der Waals surface area (Å²) in [6.07, 6.45) is 2.25. The number of halogens is 1. The molecular formula is C17H22BrN3O2. The van der Waals surface area contributed by atoms with Crippen molar-refractivity contribution in [2.75, 3.05) is 45.8 Å². The van der Waals surface area contributed by atoms with Gasteiger partial charge in [-0.25, -0.2) is 0 Å². The first-order valence-electron chi connectivity index (χ1n) is 8.18. The second-order valence-corrected chi connectivity index (χ2v) is 7.08. The molecule has 0 N–H and O–H groups in total. The number of hydrogen-bond donors (Lipinski definition) is 0. The monoisotopic (exact) mass is 379 g/mol. The third-order valence-electron chi connectivity index (χ3n) is 4.57. The minimum absolute atomic E-state index is 0.0722. The molecule has 0 unspecified atom stereocenters. The zero-order valence-corrected chi connectivity index (χ0v) is 14.8. The highest BCUT2D eigenvalue weighted by Crippen LogP contribution is 2.14. The molecule has 5 nitrogen and oxygen atoms in total. The highest BCUT2D eigenvalue weighted by Gasteiger charge is 2.25. The Hall–Kier alpha value is -1.40. The van der Waals surface area contributed by atoms with E-state index in [0.717, 1.165) is 49.1 Å². The Bertz CT molecular complexity index is 562. The molecule has 2 aliphatic rings. The van der Waals surface area contributed by atoms with E-state index in [9.17, 15) is 9.59 Å². The maximum atomic E-state index is 12.5. The summed E-state index contributed by atoms with van der Waals surface area (Å²) in [4.78, 5) is 30.6. The first-order valence-corrected chi connectivity index (χ1v) is 8.98. The molecule has 2 saturated heterocycles. The molecule has 0 aliphatic carbocycles. The Morgan fingerprint density at radius 2 is 1.48 bits per heavy atom. The van der Waals surface area contributed by atoms with Crippen LogP contribution in [0.1, 0.15) is 23.2 Å². The van der Waals surface area contributed by atoms with Crippen molar-refractivity contribution in [3.63, 3.8) is 0 Å². The van der Waals surface area contributed by atoms with Crippen molar-refractivity contribution in [1.29, 1.82) is 0 Å². The molecule has 124 valence electrons. The van der Waals surface area contributed by atoms with Crippen LogP contribution in [-0.2, 0) is 4.79 Å². The van der Waals surface area contributed by atoms with Crippen LogP contribution >= 0.6 is 15.9 Å². The van der Waals surface area contributed by atoms with Gasteiger partial charge in [0.15, 0.2) is 0 Å². The normalized spacial score (nSPS) is 19.2. The van der Waals surface area contributed by atoms with E-state index in [2.05, 4.69) is 20.8 Å². The predicted octanol–water partition coefficient (Wildman–Crippen LogP) is 1.83. The lowest BCUT2D eigenvalue weighted by Gasteiger charge is -2.35. The number of benzene rings is 1. The van der Waals surface area contributed by atoms with Crippen molar-refractivity contribution < 1.29 is 9.59 Å². The first kappa shape index (κ1) is 16.5. The SMILES string of the molecule is O=C(CN1CCN(C(=O)c2ccc(Br)cc2)CC1)N1CCCC1. The molecule has 0 radical (unpaired) electrons. The van der Waals surface area contributed by atoms with E-state index in [1.165, 1.54) is 0 Å². The minimum atomic E-state index is 0.0722. The molecule has 2 aliphatic heterocycles. The standard InChI is InChI=1S/C17H22BrN3O2/c18-15-5-3-14(4-6-15)17(23)21-11-9-19(10-12-21)13-16(22)20-7-1-2-8-20/h3-6H,1-2,7-13H2. The third kappa shape index (κ3) is 4.12. The van der Waals surface area contributed by atoms with Crippen LogP contribution in [0, 0.1) is 0 Å². The third-order valence-corrected chi connectivity index (χ3v) is 5.10. The largest absolute Gasteiger partial charge is 0.342 e. The van der Waals surface area contributed by atoms with Crippen molar-refractivity contribution in [3.05, 3.63) is 34.3 Å². The zero-order chi connectivity index (χ0) is 16.2. The molecule has 2 heterocycles. The van der Waals surface area contributed by atoms with Gasteiger partial charge < -0.3 is 9.80 Å². The van der Waals surface area contributed by atoms with E-state index in [4.69, 9.17) is 0 Å². The predicted molar refractivity (Wildman–Crippen MR) is 92.3 cm³/mol. The van der Waals surface area contributed by atoms with E-state index < -0.39 is 0 Å². The van der Waals surface area contributed by atoms with Crippen LogP contribution < -0.4 is 0 Å². The number of nitrogens with zero attached hydrogens (tertiary/aromatic N) is 3. The number of amides is 2. The van der Waals surface area contributed by atoms with E-state index in [1.54, 1.807) is 0 Å². The number of carbonyl (C=O) groups excluding carboxylic acids is 2. The lowest BCUT2D eigenvalue weighted by atomic mass is 10.2. The van der Waals surface area contributed by atoms with Gasteiger partial charge in [0, 0.05) is 49.3 Å². The van der Waals surface area contributed by atoms with Gasteiger partial charge >= 0.3 is 0 Å². The Morgan fingerprint density at radius 1 is 0.870 bits per heavy atom. The summed E-state index contributed by atoms with van der Waals surface area (Å²) in [6, 6.07) is 7.46. The Morgan fingerprint density at radius 3 is 2.09 bits per heavy atom. The van der Waals surface area contributed by atoms with E-state index in [0.29, 0.717) is 19.6 Å². The van der Waals surface area contributed by atoms with E-state index in [-0.39, 0.29) is 11.8 Å². The van der Waals surface area contributed by atoms with E-state index in [1.807, 2.05) is 34.1 Å². The molecule has 2 fully saturated rings. The average molecular weight is 380 g/mol. The van der Waals surface area contributed by atoms with Gasteiger partial charge in [0.2, 0.25) is 5.91 Å². The highest BCUT2D eigenvalue weighted by atomic mass is 79.9. The molecule has 1 aromatic rings. The molecule has 0 saturated carbocycles. The van der Waals surface area contributed by atoms with E-state index >= 15 is 0 Å². The maximum Gasteiger partial charge on any atom is 0.253 e. The topological polar surface area (TPSA) is 43.9 Å². The van der Waals surface area contributed by atoms with Crippen LogP contribution in [0.3, 0.4) is 0 Å². The highest BCUT2D eigenvalue weighted by molar-refractivity contribution is 9.10. The van der Waals surface area contributed by atoms with Crippen molar-refractivity contribution in [3.8, 4) is 0 Å². The fraction of sp³-hybridized carbons (Fsp3) is 0.529. The summed E-state index contributed by atoms with van der Waals surface area (Å²) in [5.41, 5.74) is 0.717. The molecule has 0 atom stereocenters. The maximum absolute atomic E-state index is 12.5. The van der Waals surface area contributed by atoms with Crippen LogP contribution in [0.4, 0.5) is 0 Å². The molecule has 0 spiro atoms. The smallest absolute Gasteiger partial charge is 0.253 e. The second-order valence-electron chi connectivity index (χ2n) is 6.16. The van der Waals surface area contributed by atoms with Gasteiger partial charge in [0.05, 0.1) is 6.54 Å². The molecule has 0 aromatic heterocycles. The molecule has 6 heteroatoms. The Balaban J connectivity index is 1.49. The zero-order valence-electron chi connectivity index (χ0n) is 13.2. The minimum Gasteiger partial charge on any atom is -0.342 e. The second kappa shape index (κ2) is 7.45. The Labute approximate surface area is 145 Å². The number of rotatable bonds is 3. The van der Waals surface area contributed by atoms with Gasteiger partial charge in [0.25, 0.3) is 5.91 Å². The molecule has 0 bridgehead atoms. The van der Waals surface area contributed by atoms with Crippen LogP contribution in [0.25, 0.3) is 0 Å². The lowest BCUT2D eigenvalue weighted by molar-refractivity contribution is -0.131. The van der Waals surface area contributed by atoms with Gasteiger partial charge in [-0.1, -0.05) is 15.9 Å². The number of likely N-dealkylation sites (tertiary alicyclic amines) is 1. The summed E-state index contributed by atoms with van der Waals surface area (Å²) in [5.74, 6) is 0.304. The molecule has 1 aromatic carbocycles. The number of piperazine rings is 1. The lowest BCUT2D eigenvalue weighted by Crippen LogP contribution is -2.51. The van der Waals surface area contributed by atoms with Crippen molar-refractivity contribution in [2.24, 2.45) is 0 Å². The van der Waals surface area contributed by atoms with Crippen LogP contribution in [-0.4, -0.2) is 72.3 Å². The van der Waals surface area contributed by atoms with Gasteiger partial charge in [0.1, 0.15) is 0 Å². The fourth-order valence-electron chi connectivity index (χ4n) is 3.14. The molecule has 3 rings (SSSR count). The van der Waals surface area contributed by atoms with Crippen molar-refractivity contribution in [1.82, 2.24) is 14.7 Å². The average Bonchev–Trinajstić information content (AvgIpc) is 3.10. The van der Waals surface area contributed by atoms with Crippen molar-refractivity contribution >= 4 is 27.7 Å². The van der Waals surface area contributed by atoms with Gasteiger partial charge in [-0.05, 0) is 37.1 Å². The number of hydrogen-bond acceptors (Lipinski definition) is 3. The van der Waals surface area contributed by atoms with Crippen LogP contribution in [0.15, 0.2) is 28.7 Å². The van der Waals surface area contributed by atoms with Crippen LogP contribution in [0.2, 0.25) is 0 Å². The first-order chi connectivity index (χ1) is 11.1. The summed E-state index contributed by atoms with van der Waals surface area (Å²) in [5, 5.41) is 0. The summed E-state index contributed by atoms with van der Waals surface area (Å²) in [7, 11) is 0. The Kier molecular flexibility index (Phi) is 5.33. The molecule has 23 heavy (non-hydrogen) atoms.